The van der Waals surface area contributed by atoms with Gasteiger partial charge in [-0.1, -0.05) is 0 Å². The fourth-order valence-corrected chi connectivity index (χ4v) is 4.76. The molecule has 0 bridgehead atoms. The normalized spacial score (nSPS) is 15.4. The fraction of sp³-hybridized carbons (Fsp3) is 1.00. The molecule has 0 heterocycles. The fourth-order valence-electron chi connectivity index (χ4n) is 2.71. The average Bonchev–Trinajstić information content (AvgIpc) is 2.59. The van der Waals surface area contributed by atoms with Crippen LogP contribution in [0.3, 0.4) is 0 Å². The van der Waals surface area contributed by atoms with Gasteiger partial charge >= 0.3 is 34.4 Å². The molecular formula is C11H29NO16P4. The van der Waals surface area contributed by atoms with Gasteiger partial charge in [-0.2, -0.15) is 0 Å². The van der Waals surface area contributed by atoms with Gasteiger partial charge in [0.15, 0.2) is 11.6 Å². The van der Waals surface area contributed by atoms with Crippen molar-refractivity contribution >= 4 is 34.4 Å². The summed E-state index contributed by atoms with van der Waals surface area (Å²) in [5, 5.41) is 18.2. The van der Waals surface area contributed by atoms with E-state index in [0.717, 1.165) is 0 Å². The van der Waals surface area contributed by atoms with Crippen molar-refractivity contribution in [2.45, 2.75) is 50.0 Å². The minimum Gasteiger partial charge on any atom is -0.371 e. The molecule has 21 heteroatoms. The van der Waals surface area contributed by atoms with Crippen LogP contribution in [0.4, 0.5) is 0 Å². The minimum atomic E-state index is -3.18. The van der Waals surface area contributed by atoms with Gasteiger partial charge in [-0.15, -0.1) is 0 Å². The molecule has 0 aliphatic heterocycles. The Kier molecular flexibility index (Phi) is 17.2. The Morgan fingerprint density at radius 2 is 1.03 bits per heavy atom. The van der Waals surface area contributed by atoms with Gasteiger partial charge < -0.3 is 64.6 Å². The molecule has 0 saturated carbocycles. The molecular weight excluding hydrogens is 526 g/mol. The number of rotatable bonds is 19. The van der Waals surface area contributed by atoms with E-state index in [1.807, 2.05) is 0 Å². The lowest BCUT2D eigenvalue weighted by Crippen LogP contribution is -2.48. The summed E-state index contributed by atoms with van der Waals surface area (Å²) in [6.07, 6.45) is -4.08. The third-order valence-corrected chi connectivity index (χ3v) is 5.63. The van der Waals surface area contributed by atoms with Crippen LogP contribution in [-0.2, 0) is 27.6 Å². The Balaban J connectivity index is 6.06. The highest BCUT2D eigenvalue weighted by Crippen LogP contribution is 2.48. The van der Waals surface area contributed by atoms with Gasteiger partial charge in [-0.25, -0.2) is 0 Å². The van der Waals surface area contributed by atoms with Crippen LogP contribution < -0.4 is 5.73 Å². The second-order valence-corrected chi connectivity index (χ2v) is 8.79. The van der Waals surface area contributed by atoms with E-state index in [-0.39, 0.29) is 0 Å². The summed E-state index contributed by atoms with van der Waals surface area (Å²) in [6.45, 7) is -1.00. The predicted molar refractivity (Wildman–Crippen MR) is 108 cm³/mol. The van der Waals surface area contributed by atoms with E-state index < -0.39 is 97.6 Å². The summed E-state index contributed by atoms with van der Waals surface area (Å²) in [7, 11) is -12.6. The molecule has 0 fully saturated rings. The number of hydrogen-bond acceptors (Lipinski definition) is 17. The number of aliphatic hydroxyl groups excluding tert-OH is 2. The topological polar surface area (TPSA) is 284 Å². The standard InChI is InChI=1S/C11H29NO16P4/c1-8(23-6-13)2-10(25-29(15)16,26-30(17)18)3-9(24-7-14)4-11(5-12,27-31(19)20)28-32(21)22/h8-9,13-22H,2-7,12H2,1H3. The molecule has 17 nitrogen and oxygen atoms in total. The Bertz CT molecular complexity index is 471. The lowest BCUT2D eigenvalue weighted by molar-refractivity contribution is -0.205. The highest BCUT2D eigenvalue weighted by Gasteiger charge is 2.46. The first-order chi connectivity index (χ1) is 14.8. The Labute approximate surface area is 187 Å². The van der Waals surface area contributed by atoms with E-state index in [4.69, 9.17) is 38.4 Å². The van der Waals surface area contributed by atoms with Crippen LogP contribution in [0.15, 0.2) is 0 Å². The first-order valence-corrected chi connectivity index (χ1v) is 13.1. The molecule has 2 unspecified atom stereocenters. The van der Waals surface area contributed by atoms with Crippen LogP contribution in [0.1, 0.15) is 26.2 Å². The van der Waals surface area contributed by atoms with Crippen molar-refractivity contribution in [3.8, 4) is 0 Å². The van der Waals surface area contributed by atoms with Gasteiger partial charge in [0.2, 0.25) is 0 Å². The smallest absolute Gasteiger partial charge is 0.329 e. The molecule has 0 rings (SSSR count). The van der Waals surface area contributed by atoms with E-state index in [9.17, 15) is 44.3 Å². The van der Waals surface area contributed by atoms with Gasteiger partial charge in [-0.3, -0.25) is 18.1 Å². The Morgan fingerprint density at radius 1 is 0.656 bits per heavy atom. The molecule has 0 aromatic heterocycles. The van der Waals surface area contributed by atoms with Crippen LogP contribution in [0.25, 0.3) is 0 Å². The highest BCUT2D eigenvalue weighted by molar-refractivity contribution is 7.40. The van der Waals surface area contributed by atoms with E-state index in [1.54, 1.807) is 0 Å². The van der Waals surface area contributed by atoms with Crippen molar-refractivity contribution in [2.75, 3.05) is 20.1 Å². The zero-order valence-electron chi connectivity index (χ0n) is 16.7. The van der Waals surface area contributed by atoms with E-state index >= 15 is 0 Å². The second-order valence-electron chi connectivity index (χ2n) is 6.04. The Hall–Kier alpha value is 1.04. The highest BCUT2D eigenvalue weighted by atomic mass is 31.2. The second kappa shape index (κ2) is 16.7. The maximum absolute atomic E-state index is 9.39. The summed E-state index contributed by atoms with van der Waals surface area (Å²) in [5.41, 5.74) is 5.54. The zero-order chi connectivity index (χ0) is 24.9. The first kappa shape index (κ1) is 33.0. The molecule has 0 aromatic carbocycles. The van der Waals surface area contributed by atoms with Gasteiger partial charge in [0.05, 0.1) is 12.2 Å². The molecule has 0 saturated heterocycles. The molecule has 0 amide bonds. The maximum Gasteiger partial charge on any atom is 0.329 e. The number of nitrogens with two attached hydrogens (primary N) is 1. The van der Waals surface area contributed by atoms with Gasteiger partial charge in [0, 0.05) is 25.8 Å². The Morgan fingerprint density at radius 3 is 1.38 bits per heavy atom. The van der Waals surface area contributed by atoms with E-state index in [1.165, 1.54) is 6.92 Å². The largest absolute Gasteiger partial charge is 0.371 e. The van der Waals surface area contributed by atoms with Crippen molar-refractivity contribution in [3.05, 3.63) is 0 Å². The summed E-state index contributed by atoms with van der Waals surface area (Å²) in [5.74, 6) is -4.55. The molecule has 2 atom stereocenters. The van der Waals surface area contributed by atoms with Crippen LogP contribution in [0.2, 0.25) is 0 Å². The molecule has 0 aliphatic rings. The molecule has 0 aliphatic carbocycles. The van der Waals surface area contributed by atoms with Gasteiger partial charge in [0.1, 0.15) is 13.6 Å². The number of ether oxygens (including phenoxy) is 2. The predicted octanol–water partition coefficient (Wildman–Crippen LogP) is -1.89. The quantitative estimate of drug-likeness (QED) is 0.0613. The van der Waals surface area contributed by atoms with Crippen molar-refractivity contribution in [3.63, 3.8) is 0 Å². The van der Waals surface area contributed by atoms with Crippen LogP contribution in [0, 0.1) is 0 Å². The first-order valence-electron chi connectivity index (χ1n) is 8.45. The van der Waals surface area contributed by atoms with Crippen molar-refractivity contribution in [2.24, 2.45) is 5.73 Å². The molecule has 194 valence electrons. The minimum absolute atomic E-state index is 0.449. The molecule has 32 heavy (non-hydrogen) atoms. The lowest BCUT2D eigenvalue weighted by atomic mass is 9.97. The summed E-state index contributed by atoms with van der Waals surface area (Å²) in [6, 6.07) is 0. The third kappa shape index (κ3) is 13.8. The summed E-state index contributed by atoms with van der Waals surface area (Å²) >= 11 is 0. The summed E-state index contributed by atoms with van der Waals surface area (Å²) in [4.78, 5) is 74.4. The monoisotopic (exact) mass is 555 g/mol. The van der Waals surface area contributed by atoms with Crippen molar-refractivity contribution in [1.29, 1.82) is 0 Å². The van der Waals surface area contributed by atoms with Crippen molar-refractivity contribution < 1.29 is 76.9 Å². The summed E-state index contributed by atoms with van der Waals surface area (Å²) < 4.78 is 29.6. The molecule has 12 N–H and O–H groups in total. The molecule has 0 aromatic rings. The van der Waals surface area contributed by atoms with E-state index in [0.29, 0.717) is 0 Å². The maximum atomic E-state index is 9.39. The van der Waals surface area contributed by atoms with Gasteiger partial charge in [-0.05, 0) is 6.92 Å². The van der Waals surface area contributed by atoms with E-state index in [2.05, 4.69) is 0 Å². The molecule has 0 spiro atoms. The van der Waals surface area contributed by atoms with Crippen LogP contribution >= 0.6 is 34.4 Å². The number of hydrogen-bond donors (Lipinski definition) is 11. The zero-order valence-corrected chi connectivity index (χ0v) is 20.3. The SMILES string of the molecule is CC(CC(CC(CC(CN)(OP(O)O)OP(O)O)OCO)(OP(O)O)OP(O)O)OCO. The molecule has 0 radical (unpaired) electrons. The average molecular weight is 555 g/mol. The van der Waals surface area contributed by atoms with Crippen LogP contribution in [0.5, 0.6) is 0 Å². The third-order valence-electron chi connectivity index (χ3n) is 3.65. The lowest BCUT2D eigenvalue weighted by Gasteiger charge is -2.40. The van der Waals surface area contributed by atoms with Crippen LogP contribution in [-0.4, -0.2) is 93.3 Å². The van der Waals surface area contributed by atoms with Crippen molar-refractivity contribution in [1.82, 2.24) is 0 Å². The number of aliphatic hydroxyl groups is 2. The van der Waals surface area contributed by atoms with Gasteiger partial charge in [0.25, 0.3) is 0 Å².